The van der Waals surface area contributed by atoms with E-state index in [4.69, 9.17) is 14.2 Å². The summed E-state index contributed by atoms with van der Waals surface area (Å²) in [6, 6.07) is 4.19. The monoisotopic (exact) mass is 334 g/mol. The highest BCUT2D eigenvalue weighted by Gasteiger charge is 2.40. The summed E-state index contributed by atoms with van der Waals surface area (Å²) in [5, 5.41) is 4.60. The van der Waals surface area contributed by atoms with Crippen molar-refractivity contribution in [1.82, 2.24) is 5.32 Å². The van der Waals surface area contributed by atoms with Crippen molar-refractivity contribution in [1.29, 1.82) is 0 Å². The lowest BCUT2D eigenvalue weighted by atomic mass is 10.2. The molecule has 0 unspecified atom stereocenters. The minimum Gasteiger partial charge on any atom is -0.486 e. The quantitative estimate of drug-likeness (QED) is 0.805. The van der Waals surface area contributed by atoms with Gasteiger partial charge in [-0.1, -0.05) is 6.92 Å². The number of carbonyl (C=O) groups is 3. The lowest BCUT2D eigenvalue weighted by molar-refractivity contribution is -0.149. The number of hydrogen-bond acceptors (Lipinski definition) is 6. The predicted molar refractivity (Wildman–Crippen MR) is 82.8 cm³/mol. The first-order valence-electron chi connectivity index (χ1n) is 7.70. The van der Waals surface area contributed by atoms with E-state index in [-0.39, 0.29) is 5.92 Å². The molecule has 1 heterocycles. The second-order valence-corrected chi connectivity index (χ2v) is 5.79. The Morgan fingerprint density at radius 1 is 1.21 bits per heavy atom. The molecule has 1 aromatic carbocycles. The van der Waals surface area contributed by atoms with Gasteiger partial charge in [-0.25, -0.2) is 4.79 Å². The molecule has 1 aliphatic carbocycles. The maximum absolute atomic E-state index is 11.8. The molecule has 8 nitrogen and oxygen atoms in total. The van der Waals surface area contributed by atoms with Crippen LogP contribution in [0, 0.1) is 11.8 Å². The van der Waals surface area contributed by atoms with Crippen LogP contribution in [-0.2, 0) is 14.3 Å². The summed E-state index contributed by atoms with van der Waals surface area (Å²) in [7, 11) is 0. The lowest BCUT2D eigenvalue weighted by Crippen LogP contribution is -2.37. The molecule has 2 atom stereocenters. The Morgan fingerprint density at radius 3 is 2.62 bits per heavy atom. The smallest absolute Gasteiger partial charge is 0.325 e. The number of fused-ring (bicyclic) bond motifs is 1. The van der Waals surface area contributed by atoms with Gasteiger partial charge in [0.05, 0.1) is 5.92 Å². The van der Waals surface area contributed by atoms with Crippen LogP contribution >= 0.6 is 0 Å². The van der Waals surface area contributed by atoms with Crippen molar-refractivity contribution in [3.8, 4) is 11.5 Å². The SMILES string of the molecule is C[C@H]1C[C@H]1C(=O)OCC(=O)NC(=O)Nc1ccc2c(c1)OCCO2. The molecule has 1 saturated carbocycles. The highest BCUT2D eigenvalue weighted by atomic mass is 16.6. The van der Waals surface area contributed by atoms with Crippen molar-refractivity contribution in [2.75, 3.05) is 25.1 Å². The van der Waals surface area contributed by atoms with E-state index in [1.807, 2.05) is 6.92 Å². The van der Waals surface area contributed by atoms with Gasteiger partial charge in [-0.15, -0.1) is 0 Å². The van der Waals surface area contributed by atoms with E-state index < -0.39 is 24.5 Å². The molecule has 24 heavy (non-hydrogen) atoms. The average molecular weight is 334 g/mol. The van der Waals surface area contributed by atoms with Gasteiger partial charge in [0.2, 0.25) is 0 Å². The number of carbonyl (C=O) groups excluding carboxylic acids is 3. The van der Waals surface area contributed by atoms with Crippen LogP contribution in [0.1, 0.15) is 13.3 Å². The molecule has 0 saturated heterocycles. The number of anilines is 1. The average Bonchev–Trinajstić information content (AvgIpc) is 3.29. The normalized spacial score (nSPS) is 20.7. The maximum Gasteiger partial charge on any atom is 0.325 e. The molecular weight excluding hydrogens is 316 g/mol. The van der Waals surface area contributed by atoms with Crippen molar-refractivity contribution in [3.05, 3.63) is 18.2 Å². The van der Waals surface area contributed by atoms with Gasteiger partial charge in [-0.2, -0.15) is 0 Å². The first kappa shape index (κ1) is 16.1. The molecule has 3 amide bonds. The van der Waals surface area contributed by atoms with Gasteiger partial charge < -0.3 is 19.5 Å². The molecule has 3 rings (SSSR count). The molecule has 2 aliphatic rings. The third-order valence-electron chi connectivity index (χ3n) is 3.81. The largest absolute Gasteiger partial charge is 0.486 e. The van der Waals surface area contributed by atoms with E-state index in [0.717, 1.165) is 6.42 Å². The molecule has 0 bridgehead atoms. The first-order valence-corrected chi connectivity index (χ1v) is 7.70. The number of benzene rings is 1. The van der Waals surface area contributed by atoms with Gasteiger partial charge in [0.1, 0.15) is 13.2 Å². The molecule has 0 aromatic heterocycles. The summed E-state index contributed by atoms with van der Waals surface area (Å²) in [6.07, 6.45) is 0.783. The Morgan fingerprint density at radius 2 is 1.92 bits per heavy atom. The summed E-state index contributed by atoms with van der Waals surface area (Å²) in [6.45, 7) is 2.38. The van der Waals surface area contributed by atoms with E-state index in [2.05, 4.69) is 10.6 Å². The minimum absolute atomic E-state index is 0.121. The number of nitrogens with one attached hydrogen (secondary N) is 2. The molecule has 1 aliphatic heterocycles. The Hall–Kier alpha value is -2.77. The number of rotatable bonds is 4. The fraction of sp³-hybridized carbons (Fsp3) is 0.438. The van der Waals surface area contributed by atoms with Crippen molar-refractivity contribution < 1.29 is 28.6 Å². The molecule has 128 valence electrons. The van der Waals surface area contributed by atoms with Crippen molar-refractivity contribution >= 4 is 23.6 Å². The zero-order chi connectivity index (χ0) is 17.1. The number of amides is 3. The van der Waals surface area contributed by atoms with Crippen LogP contribution in [-0.4, -0.2) is 37.7 Å². The Bertz CT molecular complexity index is 675. The second kappa shape index (κ2) is 6.77. The molecule has 2 N–H and O–H groups in total. The van der Waals surface area contributed by atoms with Crippen molar-refractivity contribution in [2.24, 2.45) is 11.8 Å². The molecule has 8 heteroatoms. The van der Waals surface area contributed by atoms with Gasteiger partial charge in [-0.05, 0) is 24.5 Å². The van der Waals surface area contributed by atoms with E-state index >= 15 is 0 Å². The summed E-state index contributed by atoms with van der Waals surface area (Å²) in [5.41, 5.74) is 0.452. The Labute approximate surface area is 138 Å². The van der Waals surface area contributed by atoms with E-state index in [9.17, 15) is 14.4 Å². The standard InChI is InChI=1S/C16H18N2O6/c1-9-6-11(9)15(20)24-8-14(19)18-16(21)17-10-2-3-12-13(7-10)23-5-4-22-12/h2-3,7,9,11H,4-6,8H2,1H3,(H2,17,18,19,21)/t9-,11+/m0/s1. The fourth-order valence-electron chi connectivity index (χ4n) is 2.34. The third kappa shape index (κ3) is 3.95. The van der Waals surface area contributed by atoms with Gasteiger partial charge in [0.15, 0.2) is 18.1 Å². The molecular formula is C16H18N2O6. The van der Waals surface area contributed by atoms with Crippen LogP contribution in [0.4, 0.5) is 10.5 Å². The highest BCUT2D eigenvalue weighted by molar-refractivity contribution is 6.02. The number of esters is 1. The van der Waals surface area contributed by atoms with Crippen LogP contribution in [0.5, 0.6) is 11.5 Å². The first-order chi connectivity index (χ1) is 11.5. The van der Waals surface area contributed by atoms with E-state index in [1.165, 1.54) is 0 Å². The Kier molecular flexibility index (Phi) is 4.54. The van der Waals surface area contributed by atoms with Gasteiger partial charge >= 0.3 is 12.0 Å². The zero-order valence-corrected chi connectivity index (χ0v) is 13.2. The fourth-order valence-corrected chi connectivity index (χ4v) is 2.34. The number of ether oxygens (including phenoxy) is 3. The number of imide groups is 1. The summed E-state index contributed by atoms with van der Waals surface area (Å²) < 4.78 is 15.6. The lowest BCUT2D eigenvalue weighted by Gasteiger charge is -2.19. The van der Waals surface area contributed by atoms with Crippen LogP contribution in [0.25, 0.3) is 0 Å². The van der Waals surface area contributed by atoms with Crippen LogP contribution in [0.3, 0.4) is 0 Å². The molecule has 0 spiro atoms. The number of urea groups is 1. The van der Waals surface area contributed by atoms with Gasteiger partial charge in [-0.3, -0.25) is 14.9 Å². The highest BCUT2D eigenvalue weighted by Crippen LogP contribution is 2.38. The van der Waals surface area contributed by atoms with Crippen LogP contribution in [0.15, 0.2) is 18.2 Å². The summed E-state index contributed by atoms with van der Waals surface area (Å²) in [4.78, 5) is 34.9. The summed E-state index contributed by atoms with van der Waals surface area (Å²) in [5.74, 6) is 0.224. The van der Waals surface area contributed by atoms with Crippen molar-refractivity contribution in [3.63, 3.8) is 0 Å². The number of hydrogen-bond donors (Lipinski definition) is 2. The van der Waals surface area contributed by atoms with Gasteiger partial charge in [0, 0.05) is 11.8 Å². The van der Waals surface area contributed by atoms with Crippen LogP contribution < -0.4 is 20.1 Å². The molecule has 0 radical (unpaired) electrons. The molecule has 1 aromatic rings. The van der Waals surface area contributed by atoms with Crippen molar-refractivity contribution in [2.45, 2.75) is 13.3 Å². The van der Waals surface area contributed by atoms with E-state index in [1.54, 1.807) is 18.2 Å². The Balaban J connectivity index is 1.45. The summed E-state index contributed by atoms with van der Waals surface area (Å²) >= 11 is 0. The van der Waals surface area contributed by atoms with Gasteiger partial charge in [0.25, 0.3) is 5.91 Å². The third-order valence-corrected chi connectivity index (χ3v) is 3.81. The second-order valence-electron chi connectivity index (χ2n) is 5.79. The predicted octanol–water partition coefficient (Wildman–Crippen LogP) is 1.31. The topological polar surface area (TPSA) is 103 Å². The van der Waals surface area contributed by atoms with Crippen LogP contribution in [0.2, 0.25) is 0 Å². The zero-order valence-electron chi connectivity index (χ0n) is 13.2. The molecule has 1 fully saturated rings. The van der Waals surface area contributed by atoms with E-state index in [0.29, 0.717) is 36.3 Å². The minimum atomic E-state index is -0.715. The maximum atomic E-state index is 11.8.